The van der Waals surface area contributed by atoms with Gasteiger partial charge in [-0.3, -0.25) is 5.10 Å². The molecule has 0 spiro atoms. The Kier molecular flexibility index (Phi) is 3.12. The molecule has 0 amide bonds. The molecule has 0 aliphatic heterocycles. The quantitative estimate of drug-likeness (QED) is 0.785. The van der Waals surface area contributed by atoms with Gasteiger partial charge in [-0.2, -0.15) is 18.3 Å². The molecule has 1 N–H and O–H groups in total. The Labute approximate surface area is 118 Å². The zero-order chi connectivity index (χ0) is 15.0. The van der Waals surface area contributed by atoms with Crippen molar-refractivity contribution in [2.24, 2.45) is 0 Å². The van der Waals surface area contributed by atoms with Gasteiger partial charge in [0, 0.05) is 11.6 Å². The third kappa shape index (κ3) is 2.58. The maximum atomic E-state index is 12.6. The first-order chi connectivity index (χ1) is 9.97. The highest BCUT2D eigenvalue weighted by molar-refractivity contribution is 5.79. The molecule has 3 rings (SSSR count). The van der Waals surface area contributed by atoms with Gasteiger partial charge in [0.2, 0.25) is 0 Å². The second-order valence-corrected chi connectivity index (χ2v) is 4.60. The first kappa shape index (κ1) is 13.5. The molecule has 0 saturated heterocycles. The molecular formula is C14H11F3N4. The number of hydrogen-bond donors (Lipinski definition) is 1. The molecule has 0 aliphatic rings. The Morgan fingerprint density at radius 1 is 1.19 bits per heavy atom. The van der Waals surface area contributed by atoms with Crippen molar-refractivity contribution in [2.45, 2.75) is 19.5 Å². The van der Waals surface area contributed by atoms with E-state index in [0.717, 1.165) is 23.4 Å². The lowest BCUT2D eigenvalue weighted by atomic mass is 10.1. The number of aromatic amines is 1. The Morgan fingerprint density at radius 2 is 2.00 bits per heavy atom. The van der Waals surface area contributed by atoms with Gasteiger partial charge in [0.15, 0.2) is 5.82 Å². The molecule has 7 heteroatoms. The third-order valence-corrected chi connectivity index (χ3v) is 3.17. The number of benzene rings is 1. The van der Waals surface area contributed by atoms with Crippen molar-refractivity contribution in [3.8, 4) is 11.5 Å². The van der Waals surface area contributed by atoms with Gasteiger partial charge >= 0.3 is 6.18 Å². The van der Waals surface area contributed by atoms with E-state index in [1.165, 1.54) is 0 Å². The van der Waals surface area contributed by atoms with Crippen molar-refractivity contribution in [2.75, 3.05) is 0 Å². The number of aromatic nitrogens is 4. The fourth-order valence-electron chi connectivity index (χ4n) is 1.99. The first-order valence-electron chi connectivity index (χ1n) is 6.36. The molecule has 108 valence electrons. The summed E-state index contributed by atoms with van der Waals surface area (Å²) in [5, 5.41) is 6.43. The van der Waals surface area contributed by atoms with Crippen LogP contribution < -0.4 is 0 Å². The number of rotatable bonds is 2. The number of H-pyrrole nitrogens is 1. The van der Waals surface area contributed by atoms with Crippen LogP contribution in [-0.4, -0.2) is 20.2 Å². The molecular weight excluding hydrogens is 281 g/mol. The summed E-state index contributed by atoms with van der Waals surface area (Å²) < 4.78 is 37.7. The van der Waals surface area contributed by atoms with Crippen LogP contribution in [0, 0.1) is 0 Å². The van der Waals surface area contributed by atoms with Crippen molar-refractivity contribution in [1.82, 2.24) is 20.2 Å². The average molecular weight is 292 g/mol. The summed E-state index contributed by atoms with van der Waals surface area (Å²) >= 11 is 0. The average Bonchev–Trinajstić information content (AvgIpc) is 2.96. The van der Waals surface area contributed by atoms with Gasteiger partial charge in [-0.1, -0.05) is 19.1 Å². The summed E-state index contributed by atoms with van der Waals surface area (Å²) in [4.78, 5) is 8.36. The Bertz CT molecular complexity index is 792. The highest BCUT2D eigenvalue weighted by Crippen LogP contribution is 2.29. The molecule has 21 heavy (non-hydrogen) atoms. The molecule has 0 fully saturated rings. The van der Waals surface area contributed by atoms with Crippen molar-refractivity contribution in [3.63, 3.8) is 0 Å². The van der Waals surface area contributed by atoms with E-state index in [4.69, 9.17) is 0 Å². The van der Waals surface area contributed by atoms with Gasteiger partial charge < -0.3 is 0 Å². The topological polar surface area (TPSA) is 54.5 Å². The summed E-state index contributed by atoms with van der Waals surface area (Å²) in [7, 11) is 0. The number of halogens is 3. The Hall–Kier alpha value is -2.44. The summed E-state index contributed by atoms with van der Waals surface area (Å²) in [5.74, 6) is 0.169. The Balaban J connectivity index is 2.06. The third-order valence-electron chi connectivity index (χ3n) is 3.17. The lowest BCUT2D eigenvalue weighted by Crippen LogP contribution is -2.04. The monoisotopic (exact) mass is 292 g/mol. The highest BCUT2D eigenvalue weighted by Gasteiger charge is 2.33. The minimum atomic E-state index is -4.46. The summed E-state index contributed by atoms with van der Waals surface area (Å²) in [6, 6.07) is 6.67. The highest BCUT2D eigenvalue weighted by atomic mass is 19.4. The standard InChI is InChI=1S/C14H11F3N4/c1-2-8-3-4-9-7-18-13(19-10(9)5-8)11-6-12(21-20-11)14(15,16)17/h3-7H,2H2,1H3,(H,20,21). The normalized spacial score (nSPS) is 12.0. The van der Waals surface area contributed by atoms with Crippen LogP contribution in [-0.2, 0) is 12.6 Å². The molecule has 1 aromatic carbocycles. The Morgan fingerprint density at radius 3 is 2.67 bits per heavy atom. The van der Waals surface area contributed by atoms with Crippen molar-refractivity contribution >= 4 is 10.9 Å². The molecule has 0 bridgehead atoms. The maximum Gasteiger partial charge on any atom is 0.432 e. The predicted octanol–water partition coefficient (Wildman–Crippen LogP) is 3.60. The minimum absolute atomic E-state index is 0.0751. The van der Waals surface area contributed by atoms with Crippen LogP contribution in [0.15, 0.2) is 30.5 Å². The maximum absolute atomic E-state index is 12.6. The fraction of sp³-hybridized carbons (Fsp3) is 0.214. The predicted molar refractivity (Wildman–Crippen MR) is 71.5 cm³/mol. The zero-order valence-electron chi connectivity index (χ0n) is 11.1. The SMILES string of the molecule is CCc1ccc2cnc(-c3cc(C(F)(F)F)[nH]n3)nc2c1. The van der Waals surface area contributed by atoms with E-state index in [2.05, 4.69) is 15.1 Å². The van der Waals surface area contributed by atoms with Gasteiger partial charge in [-0.05, 0) is 24.1 Å². The summed E-state index contributed by atoms with van der Waals surface area (Å²) in [5.41, 5.74) is 0.954. The molecule has 4 nitrogen and oxygen atoms in total. The fourth-order valence-corrected chi connectivity index (χ4v) is 1.99. The summed E-state index contributed by atoms with van der Waals surface area (Å²) in [6.07, 6.45) is -2.02. The molecule has 0 aliphatic carbocycles. The van der Waals surface area contributed by atoms with Crippen LogP contribution in [0.1, 0.15) is 18.2 Å². The minimum Gasteiger partial charge on any atom is -0.273 e. The number of aryl methyl sites for hydroxylation is 1. The number of fused-ring (bicyclic) bond motifs is 1. The lowest BCUT2D eigenvalue weighted by molar-refractivity contribution is -0.141. The second-order valence-electron chi connectivity index (χ2n) is 4.60. The van der Waals surface area contributed by atoms with E-state index in [0.29, 0.717) is 5.52 Å². The molecule has 2 heterocycles. The van der Waals surface area contributed by atoms with Crippen molar-refractivity contribution in [1.29, 1.82) is 0 Å². The number of hydrogen-bond acceptors (Lipinski definition) is 3. The van der Waals surface area contributed by atoms with Crippen LogP contribution in [0.4, 0.5) is 13.2 Å². The van der Waals surface area contributed by atoms with Gasteiger partial charge in [-0.25, -0.2) is 9.97 Å². The molecule has 0 radical (unpaired) electrons. The van der Waals surface area contributed by atoms with Crippen LogP contribution >= 0.6 is 0 Å². The van der Waals surface area contributed by atoms with Crippen LogP contribution in [0.2, 0.25) is 0 Å². The van der Waals surface area contributed by atoms with E-state index < -0.39 is 11.9 Å². The molecule has 0 unspecified atom stereocenters. The zero-order valence-corrected chi connectivity index (χ0v) is 11.1. The van der Waals surface area contributed by atoms with E-state index in [1.54, 1.807) is 6.20 Å². The van der Waals surface area contributed by atoms with E-state index in [1.807, 2.05) is 30.2 Å². The number of nitrogens with one attached hydrogen (secondary N) is 1. The molecule has 0 atom stereocenters. The molecule has 2 aromatic heterocycles. The first-order valence-corrected chi connectivity index (χ1v) is 6.36. The van der Waals surface area contributed by atoms with Crippen molar-refractivity contribution in [3.05, 3.63) is 41.7 Å². The van der Waals surface area contributed by atoms with Gasteiger partial charge in [0.25, 0.3) is 0 Å². The molecule has 3 aromatic rings. The van der Waals surface area contributed by atoms with Crippen LogP contribution in [0.5, 0.6) is 0 Å². The van der Waals surface area contributed by atoms with E-state index in [-0.39, 0.29) is 11.5 Å². The number of nitrogens with zero attached hydrogens (tertiary/aromatic N) is 3. The van der Waals surface area contributed by atoms with Gasteiger partial charge in [0.1, 0.15) is 11.4 Å². The van der Waals surface area contributed by atoms with Crippen LogP contribution in [0.25, 0.3) is 22.4 Å². The number of alkyl halides is 3. The smallest absolute Gasteiger partial charge is 0.273 e. The van der Waals surface area contributed by atoms with Gasteiger partial charge in [-0.15, -0.1) is 0 Å². The molecule has 0 saturated carbocycles. The van der Waals surface area contributed by atoms with Gasteiger partial charge in [0.05, 0.1) is 5.52 Å². The summed E-state index contributed by atoms with van der Waals surface area (Å²) in [6.45, 7) is 2.02. The van der Waals surface area contributed by atoms with E-state index >= 15 is 0 Å². The largest absolute Gasteiger partial charge is 0.432 e. The van der Waals surface area contributed by atoms with E-state index in [9.17, 15) is 13.2 Å². The van der Waals surface area contributed by atoms with Crippen LogP contribution in [0.3, 0.4) is 0 Å². The second kappa shape index (κ2) is 4.83. The van der Waals surface area contributed by atoms with Crippen molar-refractivity contribution < 1.29 is 13.2 Å². The lowest BCUT2D eigenvalue weighted by Gasteiger charge is -2.02.